The van der Waals surface area contributed by atoms with Crippen molar-refractivity contribution in [3.8, 4) is 0 Å². The fourth-order valence-electron chi connectivity index (χ4n) is 1.76. The van der Waals surface area contributed by atoms with Crippen molar-refractivity contribution in [3.05, 3.63) is 0 Å². The lowest BCUT2D eigenvalue weighted by Crippen LogP contribution is -2.43. The molecule has 1 aliphatic heterocycles. The van der Waals surface area contributed by atoms with E-state index in [0.717, 1.165) is 32.7 Å². The normalized spacial score (nSPS) is 21.9. The van der Waals surface area contributed by atoms with E-state index in [-0.39, 0.29) is 0 Å². The first-order valence-electron chi connectivity index (χ1n) is 5.48. The number of nitrogens with zero attached hydrogens (tertiary/aromatic N) is 3. The lowest BCUT2D eigenvalue weighted by atomic mass is 10.3. The molecule has 14 heavy (non-hydrogen) atoms. The van der Waals surface area contributed by atoms with Crippen LogP contribution >= 0.6 is 0 Å². The molecule has 0 aromatic rings. The zero-order valence-corrected chi connectivity index (χ0v) is 9.53. The molecule has 4 nitrogen and oxygen atoms in total. The van der Waals surface area contributed by atoms with Gasteiger partial charge in [-0.15, -0.1) is 0 Å². The first kappa shape index (κ1) is 11.3. The number of nitrogens with two attached hydrogens (primary N) is 1. The Hall–Kier alpha value is -0.770. The Morgan fingerprint density at radius 1 is 1.50 bits per heavy atom. The van der Waals surface area contributed by atoms with Crippen molar-refractivity contribution in [3.63, 3.8) is 0 Å². The van der Waals surface area contributed by atoms with E-state index >= 15 is 0 Å². The molecule has 0 aliphatic carbocycles. The minimum atomic E-state index is 0.477. The molecule has 1 rings (SSSR count). The predicted octanol–water partition coefficient (Wildman–Crippen LogP) is 0.347. The zero-order valence-electron chi connectivity index (χ0n) is 9.53. The Labute approximate surface area is 86.8 Å². The Kier molecular flexibility index (Phi) is 4.20. The number of guanidine groups is 1. The molecule has 2 N–H and O–H groups in total. The van der Waals surface area contributed by atoms with Crippen molar-refractivity contribution in [2.45, 2.75) is 26.8 Å². The molecule has 0 aromatic heterocycles. The molecule has 0 radical (unpaired) electrons. The summed E-state index contributed by atoms with van der Waals surface area (Å²) in [5, 5.41) is 0. The minimum Gasteiger partial charge on any atom is -0.370 e. The summed E-state index contributed by atoms with van der Waals surface area (Å²) in [6.45, 7) is 11.7. The van der Waals surface area contributed by atoms with Crippen LogP contribution in [0, 0.1) is 0 Å². The smallest absolute Gasteiger partial charge is 0.191 e. The first-order chi connectivity index (χ1) is 6.69. The molecule has 0 bridgehead atoms. The molecular weight excluding hydrogens is 176 g/mol. The maximum absolute atomic E-state index is 5.80. The molecule has 1 atom stereocenters. The second-order valence-electron chi connectivity index (χ2n) is 3.77. The fourth-order valence-corrected chi connectivity index (χ4v) is 1.76. The monoisotopic (exact) mass is 198 g/mol. The second kappa shape index (κ2) is 5.20. The average molecular weight is 198 g/mol. The number of hydrogen-bond acceptors (Lipinski definition) is 4. The Morgan fingerprint density at radius 2 is 2.14 bits per heavy atom. The van der Waals surface area contributed by atoms with Crippen LogP contribution in [0.5, 0.6) is 0 Å². The molecule has 0 spiro atoms. The van der Waals surface area contributed by atoms with Gasteiger partial charge in [0.2, 0.25) is 0 Å². The van der Waals surface area contributed by atoms with E-state index in [0.29, 0.717) is 12.0 Å². The number of likely N-dealkylation sites (N-methyl/N-ethyl adjacent to an activating group) is 1. The quantitative estimate of drug-likeness (QED) is 0.693. The summed E-state index contributed by atoms with van der Waals surface area (Å²) < 4.78 is 0. The lowest BCUT2D eigenvalue weighted by Gasteiger charge is -2.27. The highest BCUT2D eigenvalue weighted by molar-refractivity contribution is 5.80. The van der Waals surface area contributed by atoms with Gasteiger partial charge < -0.3 is 15.5 Å². The van der Waals surface area contributed by atoms with E-state index in [4.69, 9.17) is 5.73 Å². The molecule has 0 saturated carbocycles. The van der Waals surface area contributed by atoms with Crippen LogP contribution in [0.2, 0.25) is 0 Å². The number of hydrogen-bond donors (Lipinski definition) is 1. The van der Waals surface area contributed by atoms with Crippen LogP contribution in [-0.4, -0.2) is 54.5 Å². The Bertz CT molecular complexity index is 198. The summed E-state index contributed by atoms with van der Waals surface area (Å²) in [5.41, 5.74) is 5.80. The van der Waals surface area contributed by atoms with Crippen molar-refractivity contribution in [2.75, 3.05) is 32.7 Å². The van der Waals surface area contributed by atoms with Crippen LogP contribution < -0.4 is 5.73 Å². The highest BCUT2D eigenvalue weighted by Crippen LogP contribution is 2.06. The van der Waals surface area contributed by atoms with Gasteiger partial charge in [0.05, 0.1) is 6.54 Å². The average Bonchev–Trinajstić information content (AvgIpc) is 2.50. The Morgan fingerprint density at radius 3 is 2.57 bits per heavy atom. The third-order valence-electron chi connectivity index (χ3n) is 2.90. The summed E-state index contributed by atoms with van der Waals surface area (Å²) >= 11 is 0. The molecule has 0 amide bonds. The van der Waals surface area contributed by atoms with Crippen molar-refractivity contribution in [1.29, 1.82) is 0 Å². The number of aliphatic imine (C=N–C) groups is 1. The summed E-state index contributed by atoms with van der Waals surface area (Å²) in [7, 11) is 0. The van der Waals surface area contributed by atoms with E-state index in [1.807, 2.05) is 0 Å². The third-order valence-corrected chi connectivity index (χ3v) is 2.90. The van der Waals surface area contributed by atoms with Crippen LogP contribution in [-0.2, 0) is 0 Å². The molecule has 1 unspecified atom stereocenters. The summed E-state index contributed by atoms with van der Waals surface area (Å²) in [5.74, 6) is 0.713. The highest BCUT2D eigenvalue weighted by Gasteiger charge is 2.21. The minimum absolute atomic E-state index is 0.477. The largest absolute Gasteiger partial charge is 0.370 e. The molecule has 82 valence electrons. The predicted molar refractivity (Wildman–Crippen MR) is 60.4 cm³/mol. The molecule has 0 aromatic carbocycles. The zero-order chi connectivity index (χ0) is 10.6. The van der Waals surface area contributed by atoms with Crippen LogP contribution in [0.25, 0.3) is 0 Å². The van der Waals surface area contributed by atoms with Crippen LogP contribution in [0.4, 0.5) is 0 Å². The standard InChI is InChI=1S/C10H22N4/c1-4-13(5-2)6-7-14-9(3)8-12-10(14)11/h9H,4-8H2,1-3H3,(H2,11,12). The molecule has 4 heteroatoms. The van der Waals surface area contributed by atoms with Crippen molar-refractivity contribution < 1.29 is 0 Å². The van der Waals surface area contributed by atoms with Crippen molar-refractivity contribution >= 4 is 5.96 Å². The van der Waals surface area contributed by atoms with Gasteiger partial charge in [-0.25, -0.2) is 0 Å². The first-order valence-corrected chi connectivity index (χ1v) is 5.48. The van der Waals surface area contributed by atoms with E-state index in [2.05, 4.69) is 35.6 Å². The summed E-state index contributed by atoms with van der Waals surface area (Å²) in [4.78, 5) is 8.82. The molecule has 1 aliphatic rings. The second-order valence-corrected chi connectivity index (χ2v) is 3.77. The van der Waals surface area contributed by atoms with E-state index in [1.54, 1.807) is 0 Å². The van der Waals surface area contributed by atoms with Gasteiger partial charge >= 0.3 is 0 Å². The van der Waals surface area contributed by atoms with Gasteiger partial charge in [0.25, 0.3) is 0 Å². The van der Waals surface area contributed by atoms with Crippen molar-refractivity contribution in [1.82, 2.24) is 9.80 Å². The SMILES string of the molecule is CCN(CC)CCN1C(N)=NCC1C. The van der Waals surface area contributed by atoms with Crippen molar-refractivity contribution in [2.24, 2.45) is 10.7 Å². The van der Waals surface area contributed by atoms with Gasteiger partial charge in [0.15, 0.2) is 5.96 Å². The topological polar surface area (TPSA) is 44.9 Å². The number of rotatable bonds is 5. The maximum Gasteiger partial charge on any atom is 0.191 e. The fraction of sp³-hybridized carbons (Fsp3) is 0.900. The van der Waals surface area contributed by atoms with Gasteiger partial charge in [-0.2, -0.15) is 0 Å². The van der Waals surface area contributed by atoms with Crippen LogP contribution in [0.15, 0.2) is 4.99 Å². The molecular formula is C10H22N4. The Balaban J connectivity index is 2.33. The van der Waals surface area contributed by atoms with E-state index < -0.39 is 0 Å². The summed E-state index contributed by atoms with van der Waals surface area (Å²) in [6, 6.07) is 0.477. The van der Waals surface area contributed by atoms with Gasteiger partial charge in [-0.05, 0) is 20.0 Å². The highest BCUT2D eigenvalue weighted by atomic mass is 15.3. The third kappa shape index (κ3) is 2.61. The van der Waals surface area contributed by atoms with E-state index in [9.17, 15) is 0 Å². The van der Waals surface area contributed by atoms with Crippen LogP contribution in [0.1, 0.15) is 20.8 Å². The van der Waals surface area contributed by atoms with Gasteiger partial charge in [0, 0.05) is 19.1 Å². The van der Waals surface area contributed by atoms with Gasteiger partial charge in [0.1, 0.15) is 0 Å². The molecule has 0 saturated heterocycles. The van der Waals surface area contributed by atoms with Gasteiger partial charge in [-0.3, -0.25) is 4.99 Å². The van der Waals surface area contributed by atoms with Gasteiger partial charge in [-0.1, -0.05) is 13.8 Å². The summed E-state index contributed by atoms with van der Waals surface area (Å²) in [6.07, 6.45) is 0. The molecule has 0 fully saturated rings. The van der Waals surface area contributed by atoms with E-state index in [1.165, 1.54) is 0 Å². The molecule has 1 heterocycles. The van der Waals surface area contributed by atoms with Crippen LogP contribution in [0.3, 0.4) is 0 Å². The lowest BCUT2D eigenvalue weighted by molar-refractivity contribution is 0.253. The maximum atomic E-state index is 5.80.